The van der Waals surface area contributed by atoms with Crippen molar-refractivity contribution in [3.8, 4) is 5.75 Å². The Morgan fingerprint density at radius 3 is 2.39 bits per heavy atom. The van der Waals surface area contributed by atoms with Crippen molar-refractivity contribution >= 4 is 23.4 Å². The smallest absolute Gasteiger partial charge is 0.264 e. The minimum atomic E-state index is -0.190. The molecular formula is C24H27N3O4. The van der Waals surface area contributed by atoms with Crippen LogP contribution in [0.25, 0.3) is 0 Å². The monoisotopic (exact) mass is 421 g/mol. The third kappa shape index (κ3) is 4.46. The van der Waals surface area contributed by atoms with Gasteiger partial charge in [-0.2, -0.15) is 0 Å². The summed E-state index contributed by atoms with van der Waals surface area (Å²) >= 11 is 0. The van der Waals surface area contributed by atoms with Crippen molar-refractivity contribution in [2.24, 2.45) is 0 Å². The van der Waals surface area contributed by atoms with E-state index in [0.29, 0.717) is 17.7 Å². The van der Waals surface area contributed by atoms with E-state index in [4.69, 9.17) is 4.74 Å². The number of benzene rings is 2. The van der Waals surface area contributed by atoms with E-state index in [1.54, 1.807) is 36.2 Å². The van der Waals surface area contributed by atoms with Crippen molar-refractivity contribution in [2.75, 3.05) is 38.2 Å². The number of carbonyl (C=O) groups is 3. The quantitative estimate of drug-likeness (QED) is 0.497. The highest BCUT2D eigenvalue weighted by Crippen LogP contribution is 2.32. The lowest BCUT2D eigenvalue weighted by molar-refractivity contribution is -0.121. The molecule has 2 aliphatic rings. The second-order valence-corrected chi connectivity index (χ2v) is 7.91. The molecule has 162 valence electrons. The van der Waals surface area contributed by atoms with Crippen LogP contribution in [-0.2, 0) is 11.2 Å². The third-order valence-corrected chi connectivity index (χ3v) is 5.79. The number of aryl methyl sites for hydroxylation is 1. The molecule has 0 aromatic heterocycles. The topological polar surface area (TPSA) is 79.0 Å². The maximum atomic E-state index is 12.3. The Balaban J connectivity index is 1.12. The average molecular weight is 421 g/mol. The first-order chi connectivity index (χ1) is 15.1. The van der Waals surface area contributed by atoms with Crippen LogP contribution in [0.3, 0.4) is 0 Å². The van der Waals surface area contributed by atoms with Gasteiger partial charge in [-0.25, -0.2) is 0 Å². The fraction of sp³-hybridized carbons (Fsp3) is 0.375. The molecule has 3 amide bonds. The summed E-state index contributed by atoms with van der Waals surface area (Å²) in [6.07, 6.45) is 3.76. The third-order valence-electron chi connectivity index (χ3n) is 5.79. The van der Waals surface area contributed by atoms with Gasteiger partial charge in [-0.3, -0.25) is 19.3 Å². The van der Waals surface area contributed by atoms with E-state index in [1.807, 2.05) is 18.2 Å². The molecule has 31 heavy (non-hydrogen) atoms. The number of hydrogen-bond donors (Lipinski definition) is 1. The van der Waals surface area contributed by atoms with Crippen LogP contribution < -0.4 is 15.0 Å². The average Bonchev–Trinajstić information content (AvgIpc) is 3.03. The van der Waals surface area contributed by atoms with Crippen LogP contribution in [0, 0.1) is 0 Å². The Labute approximate surface area is 182 Å². The zero-order valence-corrected chi connectivity index (χ0v) is 17.7. The molecule has 0 bridgehead atoms. The fourth-order valence-corrected chi connectivity index (χ4v) is 3.99. The van der Waals surface area contributed by atoms with Gasteiger partial charge < -0.3 is 15.0 Å². The van der Waals surface area contributed by atoms with Gasteiger partial charge in [-0.15, -0.1) is 0 Å². The number of nitrogens with one attached hydrogen (secondary N) is 1. The van der Waals surface area contributed by atoms with Gasteiger partial charge in [-0.05, 0) is 68.6 Å². The minimum Gasteiger partial charge on any atom is -0.482 e. The Morgan fingerprint density at radius 1 is 0.935 bits per heavy atom. The molecule has 0 radical (unpaired) electrons. The summed E-state index contributed by atoms with van der Waals surface area (Å²) in [5.74, 6) is 0.357. The summed E-state index contributed by atoms with van der Waals surface area (Å²) < 4.78 is 5.54. The Hall–Kier alpha value is -3.19. The maximum absolute atomic E-state index is 12.3. The van der Waals surface area contributed by atoms with Crippen LogP contribution in [0.1, 0.15) is 45.5 Å². The molecule has 0 atom stereocenters. The standard InChI is InChI=1S/C24H27N3O4/c1-26-20-11-10-17(15-21(20)31-16-22(26)28)7-4-5-12-25-13-6-14-27-23(29)18-8-2-3-9-19(18)24(27)30/h2-3,8-11,15,25H,4-7,12-14,16H2,1H3. The van der Waals surface area contributed by atoms with Gasteiger partial charge >= 0.3 is 0 Å². The lowest BCUT2D eigenvalue weighted by atomic mass is 10.1. The molecule has 2 heterocycles. The highest BCUT2D eigenvalue weighted by molar-refractivity contribution is 6.21. The highest BCUT2D eigenvalue weighted by atomic mass is 16.5. The molecular weight excluding hydrogens is 394 g/mol. The number of likely N-dealkylation sites (N-methyl/N-ethyl adjacent to an activating group) is 1. The number of imide groups is 1. The van der Waals surface area contributed by atoms with Crippen LogP contribution in [-0.4, -0.2) is 55.9 Å². The van der Waals surface area contributed by atoms with E-state index in [9.17, 15) is 14.4 Å². The predicted molar refractivity (Wildman–Crippen MR) is 118 cm³/mol. The molecule has 2 aromatic rings. The van der Waals surface area contributed by atoms with Gasteiger partial charge in [0.15, 0.2) is 6.61 Å². The number of unbranched alkanes of at least 4 members (excludes halogenated alkanes) is 1. The molecule has 1 N–H and O–H groups in total. The van der Waals surface area contributed by atoms with Crippen molar-refractivity contribution in [1.82, 2.24) is 10.2 Å². The van der Waals surface area contributed by atoms with Gasteiger partial charge in [0.05, 0.1) is 16.8 Å². The van der Waals surface area contributed by atoms with E-state index < -0.39 is 0 Å². The zero-order valence-electron chi connectivity index (χ0n) is 17.7. The second kappa shape index (κ2) is 9.31. The summed E-state index contributed by atoms with van der Waals surface area (Å²) in [6.45, 7) is 2.18. The molecule has 7 heteroatoms. The number of rotatable bonds is 9. The largest absolute Gasteiger partial charge is 0.482 e. The van der Waals surface area contributed by atoms with Gasteiger partial charge in [-0.1, -0.05) is 18.2 Å². The molecule has 7 nitrogen and oxygen atoms in total. The molecule has 4 rings (SSSR count). The van der Waals surface area contributed by atoms with Crippen molar-refractivity contribution in [1.29, 1.82) is 0 Å². The maximum Gasteiger partial charge on any atom is 0.264 e. The minimum absolute atomic E-state index is 0.0330. The number of amides is 3. The summed E-state index contributed by atoms with van der Waals surface area (Å²) in [6, 6.07) is 13.0. The van der Waals surface area contributed by atoms with Crippen LogP contribution in [0.2, 0.25) is 0 Å². The van der Waals surface area contributed by atoms with Crippen molar-refractivity contribution in [3.63, 3.8) is 0 Å². The molecule has 0 saturated carbocycles. The predicted octanol–water partition coefficient (Wildman–Crippen LogP) is 2.64. The first-order valence-electron chi connectivity index (χ1n) is 10.7. The second-order valence-electron chi connectivity index (χ2n) is 7.91. The number of ether oxygens (including phenoxy) is 1. The van der Waals surface area contributed by atoms with Gasteiger partial charge in [0.2, 0.25) is 0 Å². The summed E-state index contributed by atoms with van der Waals surface area (Å²) in [7, 11) is 1.77. The van der Waals surface area contributed by atoms with E-state index in [2.05, 4.69) is 5.32 Å². The normalized spacial score (nSPS) is 15.2. The number of hydrogen-bond acceptors (Lipinski definition) is 5. The Kier molecular flexibility index (Phi) is 6.32. The number of fused-ring (bicyclic) bond motifs is 2. The van der Waals surface area contributed by atoms with Gasteiger partial charge in [0.25, 0.3) is 17.7 Å². The van der Waals surface area contributed by atoms with Crippen LogP contribution >= 0.6 is 0 Å². The van der Waals surface area contributed by atoms with Gasteiger partial charge in [0.1, 0.15) is 5.75 Å². The molecule has 0 fully saturated rings. The van der Waals surface area contributed by atoms with Crippen molar-refractivity contribution in [2.45, 2.75) is 25.7 Å². The fourth-order valence-electron chi connectivity index (χ4n) is 3.99. The number of carbonyl (C=O) groups excluding carboxylic acids is 3. The molecule has 0 saturated heterocycles. The Morgan fingerprint density at radius 2 is 1.65 bits per heavy atom. The van der Waals surface area contributed by atoms with Crippen molar-refractivity contribution < 1.29 is 19.1 Å². The lowest BCUT2D eigenvalue weighted by Gasteiger charge is -2.26. The number of anilines is 1. The Bertz CT molecular complexity index is 969. The summed E-state index contributed by atoms with van der Waals surface area (Å²) in [5.41, 5.74) is 3.03. The van der Waals surface area contributed by atoms with Crippen molar-refractivity contribution in [3.05, 3.63) is 59.2 Å². The van der Waals surface area contributed by atoms with Crippen LogP contribution in [0.4, 0.5) is 5.69 Å². The van der Waals surface area contributed by atoms with E-state index in [-0.39, 0.29) is 24.3 Å². The zero-order chi connectivity index (χ0) is 21.8. The first kappa shape index (κ1) is 21.1. The SMILES string of the molecule is CN1C(=O)COc2cc(CCCCNCCCN3C(=O)c4ccccc4C3=O)ccc21. The van der Waals surface area contributed by atoms with E-state index in [0.717, 1.165) is 50.2 Å². The highest BCUT2D eigenvalue weighted by Gasteiger charge is 2.34. The van der Waals surface area contributed by atoms with Gasteiger partial charge in [0, 0.05) is 13.6 Å². The summed E-state index contributed by atoms with van der Waals surface area (Å²) in [5, 5.41) is 3.39. The number of nitrogens with zero attached hydrogens (tertiary/aromatic N) is 2. The van der Waals surface area contributed by atoms with Crippen LogP contribution in [0.5, 0.6) is 5.75 Å². The lowest BCUT2D eigenvalue weighted by Crippen LogP contribution is -2.35. The van der Waals surface area contributed by atoms with E-state index >= 15 is 0 Å². The molecule has 0 unspecified atom stereocenters. The molecule has 2 aliphatic heterocycles. The first-order valence-corrected chi connectivity index (χ1v) is 10.7. The molecule has 0 spiro atoms. The van der Waals surface area contributed by atoms with E-state index in [1.165, 1.54) is 10.5 Å². The molecule has 0 aliphatic carbocycles. The van der Waals surface area contributed by atoms with Crippen LogP contribution in [0.15, 0.2) is 42.5 Å². The summed E-state index contributed by atoms with van der Waals surface area (Å²) in [4.78, 5) is 39.3. The molecule has 2 aromatic carbocycles.